The van der Waals surface area contributed by atoms with Gasteiger partial charge in [-0.3, -0.25) is 9.78 Å². The van der Waals surface area contributed by atoms with E-state index in [0.717, 1.165) is 0 Å². The summed E-state index contributed by atoms with van der Waals surface area (Å²) in [7, 11) is 0. The molecule has 0 saturated carbocycles. The van der Waals surface area contributed by atoms with Gasteiger partial charge in [0, 0.05) is 11.6 Å². The van der Waals surface area contributed by atoms with Crippen LogP contribution in [0.1, 0.15) is 5.69 Å². The van der Waals surface area contributed by atoms with Crippen LogP contribution in [0.15, 0.2) is 23.8 Å². The summed E-state index contributed by atoms with van der Waals surface area (Å²) in [6.45, 7) is 0. The summed E-state index contributed by atoms with van der Waals surface area (Å²) < 4.78 is 0. The lowest BCUT2D eigenvalue weighted by atomic mass is 10.3. The van der Waals surface area contributed by atoms with Crippen molar-refractivity contribution in [3.63, 3.8) is 0 Å². The molecule has 1 amide bonds. The van der Waals surface area contributed by atoms with Gasteiger partial charge in [0.25, 0.3) is 0 Å². The van der Waals surface area contributed by atoms with Crippen LogP contribution < -0.4 is 11.1 Å². The zero-order chi connectivity index (χ0) is 12.3. The number of nitrogens with two attached hydrogens (primary N) is 1. The number of hydrogen-bond donors (Lipinski definition) is 2. The molecule has 2 aromatic heterocycles. The van der Waals surface area contributed by atoms with E-state index in [2.05, 4.69) is 15.3 Å². The van der Waals surface area contributed by atoms with E-state index in [1.165, 1.54) is 17.5 Å². The smallest absolute Gasteiger partial charge is 0.230 e. The van der Waals surface area contributed by atoms with Gasteiger partial charge < -0.3 is 11.1 Å². The number of pyridine rings is 1. The van der Waals surface area contributed by atoms with Gasteiger partial charge in [-0.25, -0.2) is 4.98 Å². The third-order valence-electron chi connectivity index (χ3n) is 1.95. The first kappa shape index (κ1) is 11.8. The van der Waals surface area contributed by atoms with Crippen LogP contribution >= 0.6 is 22.9 Å². The third-order valence-corrected chi connectivity index (χ3v) is 3.01. The number of hydrogen-bond acceptors (Lipinski definition) is 5. The Labute approximate surface area is 107 Å². The molecular formula is C10H9ClN4OS. The molecule has 0 atom stereocenters. The quantitative estimate of drug-likeness (QED) is 0.892. The highest BCUT2D eigenvalue weighted by Gasteiger charge is 2.08. The maximum Gasteiger partial charge on any atom is 0.230 e. The van der Waals surface area contributed by atoms with Crippen molar-refractivity contribution in [1.82, 2.24) is 9.97 Å². The minimum absolute atomic E-state index is 0.166. The van der Waals surface area contributed by atoms with Crippen LogP contribution in [0.3, 0.4) is 0 Å². The van der Waals surface area contributed by atoms with E-state index in [1.54, 1.807) is 17.6 Å². The zero-order valence-corrected chi connectivity index (χ0v) is 10.3. The second kappa shape index (κ2) is 5.11. The Kier molecular flexibility index (Phi) is 3.55. The standard InChI is InChI=1S/C10H9ClN4OS/c11-7-1-2-13-4-8(7)15-9(16)3-6-5-17-10(12)14-6/h1-2,4-5H,3H2,(H2,12,14)(H,15,16). The normalized spacial score (nSPS) is 10.2. The van der Waals surface area contributed by atoms with Gasteiger partial charge in [-0.05, 0) is 6.07 Å². The topological polar surface area (TPSA) is 80.9 Å². The van der Waals surface area contributed by atoms with Crippen molar-refractivity contribution in [3.05, 3.63) is 34.6 Å². The molecule has 0 aliphatic rings. The minimum Gasteiger partial charge on any atom is -0.375 e. The first-order valence-corrected chi connectivity index (χ1v) is 6.00. The first-order chi connectivity index (χ1) is 8.15. The van der Waals surface area contributed by atoms with Crippen molar-refractivity contribution in [1.29, 1.82) is 0 Å². The van der Waals surface area contributed by atoms with Gasteiger partial charge in [0.1, 0.15) is 0 Å². The van der Waals surface area contributed by atoms with Gasteiger partial charge in [0.2, 0.25) is 5.91 Å². The summed E-state index contributed by atoms with van der Waals surface area (Å²) in [4.78, 5) is 19.5. The van der Waals surface area contributed by atoms with Gasteiger partial charge >= 0.3 is 0 Å². The van der Waals surface area contributed by atoms with Gasteiger partial charge in [-0.1, -0.05) is 11.6 Å². The molecule has 5 nitrogen and oxygen atoms in total. The molecule has 0 saturated heterocycles. The van der Waals surface area contributed by atoms with Crippen molar-refractivity contribution < 1.29 is 4.79 Å². The van der Waals surface area contributed by atoms with Gasteiger partial charge in [0.15, 0.2) is 5.13 Å². The molecule has 3 N–H and O–H groups in total. The molecule has 2 aromatic rings. The van der Waals surface area contributed by atoms with Crippen LogP contribution in [0, 0.1) is 0 Å². The number of rotatable bonds is 3. The first-order valence-electron chi connectivity index (χ1n) is 4.74. The predicted molar refractivity (Wildman–Crippen MR) is 68.1 cm³/mol. The number of anilines is 2. The summed E-state index contributed by atoms with van der Waals surface area (Å²) >= 11 is 7.19. The van der Waals surface area contributed by atoms with E-state index in [4.69, 9.17) is 17.3 Å². The summed E-state index contributed by atoms with van der Waals surface area (Å²) in [6, 6.07) is 1.61. The molecule has 0 fully saturated rings. The third kappa shape index (κ3) is 3.15. The molecule has 0 spiro atoms. The monoisotopic (exact) mass is 268 g/mol. The zero-order valence-electron chi connectivity index (χ0n) is 8.68. The van der Waals surface area contributed by atoms with Crippen molar-refractivity contribution in [2.24, 2.45) is 0 Å². The second-order valence-electron chi connectivity index (χ2n) is 3.26. The summed E-state index contributed by atoms with van der Waals surface area (Å²) in [6.07, 6.45) is 3.22. The highest BCUT2D eigenvalue weighted by Crippen LogP contribution is 2.19. The fourth-order valence-corrected chi connectivity index (χ4v) is 1.95. The number of nitrogens with one attached hydrogen (secondary N) is 1. The van der Waals surface area contributed by atoms with Crippen molar-refractivity contribution >= 4 is 39.7 Å². The Morgan fingerprint density at radius 3 is 3.06 bits per heavy atom. The van der Waals surface area contributed by atoms with E-state index in [9.17, 15) is 4.79 Å². The highest BCUT2D eigenvalue weighted by atomic mass is 35.5. The molecule has 0 unspecified atom stereocenters. The van der Waals surface area contributed by atoms with Crippen LogP contribution in [-0.2, 0) is 11.2 Å². The number of carbonyl (C=O) groups excluding carboxylic acids is 1. The van der Waals surface area contributed by atoms with Gasteiger partial charge in [-0.15, -0.1) is 11.3 Å². The molecule has 0 aliphatic carbocycles. The van der Waals surface area contributed by atoms with Crippen LogP contribution in [0.4, 0.5) is 10.8 Å². The van der Waals surface area contributed by atoms with Crippen LogP contribution in [0.25, 0.3) is 0 Å². The minimum atomic E-state index is -0.204. The number of aromatic nitrogens is 2. The summed E-state index contributed by atoms with van der Waals surface area (Å²) in [5, 5.41) is 5.31. The highest BCUT2D eigenvalue weighted by molar-refractivity contribution is 7.13. The van der Waals surface area contributed by atoms with E-state index < -0.39 is 0 Å². The fraction of sp³-hybridized carbons (Fsp3) is 0.100. The van der Waals surface area contributed by atoms with Crippen molar-refractivity contribution in [2.45, 2.75) is 6.42 Å². The summed E-state index contributed by atoms with van der Waals surface area (Å²) in [5.74, 6) is -0.204. The Hall–Kier alpha value is -1.66. The average molecular weight is 269 g/mol. The number of nitrogens with zero attached hydrogens (tertiary/aromatic N) is 2. The molecule has 7 heteroatoms. The Balaban J connectivity index is 2.01. The molecule has 88 valence electrons. The number of amides is 1. The lowest BCUT2D eigenvalue weighted by molar-refractivity contribution is -0.115. The SMILES string of the molecule is Nc1nc(CC(=O)Nc2cnccc2Cl)cs1. The van der Waals surface area contributed by atoms with Crippen molar-refractivity contribution in [3.8, 4) is 0 Å². The maximum atomic E-state index is 11.7. The Morgan fingerprint density at radius 1 is 1.59 bits per heavy atom. The van der Waals surface area contributed by atoms with Gasteiger partial charge in [-0.2, -0.15) is 0 Å². The average Bonchev–Trinajstić information content (AvgIpc) is 2.67. The lowest BCUT2D eigenvalue weighted by Gasteiger charge is -2.04. The fourth-order valence-electron chi connectivity index (χ4n) is 1.23. The van der Waals surface area contributed by atoms with Crippen LogP contribution in [0.5, 0.6) is 0 Å². The lowest BCUT2D eigenvalue weighted by Crippen LogP contribution is -2.15. The largest absolute Gasteiger partial charge is 0.375 e. The van der Waals surface area contributed by atoms with Gasteiger partial charge in [0.05, 0.1) is 29.0 Å². The number of thiazole rings is 1. The molecule has 0 bridgehead atoms. The molecule has 2 heterocycles. The molecule has 0 aliphatic heterocycles. The number of halogens is 1. The van der Waals surface area contributed by atoms with Crippen LogP contribution in [0.2, 0.25) is 5.02 Å². The number of carbonyl (C=O) groups is 1. The maximum absolute atomic E-state index is 11.7. The summed E-state index contributed by atoms with van der Waals surface area (Å²) in [5.41, 5.74) is 6.61. The molecular weight excluding hydrogens is 260 g/mol. The van der Waals surface area contributed by atoms with E-state index in [-0.39, 0.29) is 12.3 Å². The Bertz CT molecular complexity index is 543. The molecule has 0 aromatic carbocycles. The molecule has 2 rings (SSSR count). The van der Waals surface area contributed by atoms with E-state index in [1.807, 2.05) is 0 Å². The molecule has 0 radical (unpaired) electrons. The van der Waals surface area contributed by atoms with E-state index in [0.29, 0.717) is 21.5 Å². The second-order valence-corrected chi connectivity index (χ2v) is 4.55. The van der Waals surface area contributed by atoms with E-state index >= 15 is 0 Å². The molecule has 17 heavy (non-hydrogen) atoms. The predicted octanol–water partition coefficient (Wildman–Crippen LogP) is 1.95. The van der Waals surface area contributed by atoms with Crippen molar-refractivity contribution in [2.75, 3.05) is 11.1 Å². The number of nitrogen functional groups attached to an aromatic ring is 1. The van der Waals surface area contributed by atoms with Crippen LogP contribution in [-0.4, -0.2) is 15.9 Å². The Morgan fingerprint density at radius 2 is 2.41 bits per heavy atom.